The van der Waals surface area contributed by atoms with E-state index in [0.29, 0.717) is 11.3 Å². The number of hydrogen-bond donors (Lipinski definition) is 1. The lowest BCUT2D eigenvalue weighted by atomic mass is 9.58. The molecule has 2 heteroatoms. The maximum absolute atomic E-state index is 9.19. The van der Waals surface area contributed by atoms with E-state index >= 15 is 0 Å². The molecule has 2 nitrogen and oxygen atoms in total. The molecule has 0 aromatic heterocycles. The van der Waals surface area contributed by atoms with Crippen molar-refractivity contribution in [3.63, 3.8) is 0 Å². The summed E-state index contributed by atoms with van der Waals surface area (Å²) in [6.45, 7) is 0. The Labute approximate surface area is 127 Å². The Balaban J connectivity index is 1.59. The molecule has 3 fully saturated rings. The number of oxime groups is 1. The van der Waals surface area contributed by atoms with E-state index in [1.807, 2.05) is 0 Å². The summed E-state index contributed by atoms with van der Waals surface area (Å²) in [6, 6.07) is 0. The molecule has 21 heavy (non-hydrogen) atoms. The first kappa shape index (κ1) is 12.5. The fraction of sp³-hybridized carbons (Fsp3) is 0.737. The SMILES string of the molecule is ON=C1CCC2=C3C=CC4CCCC4C3CC3(CC3)C2C1. The summed E-state index contributed by atoms with van der Waals surface area (Å²) in [5.41, 5.74) is 5.13. The highest BCUT2D eigenvalue weighted by molar-refractivity contribution is 5.86. The van der Waals surface area contributed by atoms with E-state index in [2.05, 4.69) is 17.3 Å². The van der Waals surface area contributed by atoms with Gasteiger partial charge < -0.3 is 5.21 Å². The third-order valence-electron chi connectivity index (χ3n) is 7.38. The van der Waals surface area contributed by atoms with E-state index in [1.54, 1.807) is 11.1 Å². The highest BCUT2D eigenvalue weighted by atomic mass is 16.4. The van der Waals surface area contributed by atoms with Crippen LogP contribution in [0.25, 0.3) is 0 Å². The van der Waals surface area contributed by atoms with Crippen molar-refractivity contribution in [1.29, 1.82) is 0 Å². The first-order valence-electron chi connectivity index (χ1n) is 8.92. The average molecular weight is 283 g/mol. The van der Waals surface area contributed by atoms with Crippen molar-refractivity contribution in [3.05, 3.63) is 23.3 Å². The van der Waals surface area contributed by atoms with Gasteiger partial charge in [-0.05, 0) is 86.0 Å². The van der Waals surface area contributed by atoms with Crippen molar-refractivity contribution in [2.24, 2.45) is 34.2 Å². The predicted octanol–water partition coefficient (Wildman–Crippen LogP) is 4.70. The molecule has 0 radical (unpaired) electrons. The van der Waals surface area contributed by atoms with Gasteiger partial charge >= 0.3 is 0 Å². The zero-order valence-electron chi connectivity index (χ0n) is 12.7. The largest absolute Gasteiger partial charge is 0.411 e. The van der Waals surface area contributed by atoms with E-state index in [4.69, 9.17) is 0 Å². The van der Waals surface area contributed by atoms with Crippen molar-refractivity contribution in [1.82, 2.24) is 0 Å². The van der Waals surface area contributed by atoms with Crippen LogP contribution in [0.3, 0.4) is 0 Å². The van der Waals surface area contributed by atoms with Crippen LogP contribution in [-0.2, 0) is 0 Å². The number of allylic oxidation sites excluding steroid dienone is 4. The number of fused-ring (bicyclic) bond motifs is 5. The molecule has 0 aromatic carbocycles. The van der Waals surface area contributed by atoms with Gasteiger partial charge in [0.15, 0.2) is 0 Å². The molecule has 1 N–H and O–H groups in total. The zero-order valence-corrected chi connectivity index (χ0v) is 12.7. The van der Waals surface area contributed by atoms with E-state index < -0.39 is 0 Å². The smallest absolute Gasteiger partial charge is 0.0580 e. The molecule has 5 aliphatic rings. The second-order valence-electron chi connectivity index (χ2n) is 8.19. The number of rotatable bonds is 0. The van der Waals surface area contributed by atoms with Crippen molar-refractivity contribution in [3.8, 4) is 0 Å². The summed E-state index contributed by atoms with van der Waals surface area (Å²) in [4.78, 5) is 0. The van der Waals surface area contributed by atoms with E-state index in [-0.39, 0.29) is 0 Å². The van der Waals surface area contributed by atoms with Gasteiger partial charge in [-0.1, -0.05) is 29.3 Å². The average Bonchev–Trinajstić information content (AvgIpc) is 3.12. The summed E-state index contributed by atoms with van der Waals surface area (Å²) in [5.74, 6) is 3.39. The summed E-state index contributed by atoms with van der Waals surface area (Å²) in [6.07, 6.45) is 16.8. The Kier molecular flexibility index (Phi) is 2.52. The molecular formula is C19H25NO. The van der Waals surface area contributed by atoms with Crippen molar-refractivity contribution < 1.29 is 5.21 Å². The maximum atomic E-state index is 9.19. The highest BCUT2D eigenvalue weighted by Gasteiger charge is 2.57. The van der Waals surface area contributed by atoms with Crippen LogP contribution in [-0.4, -0.2) is 10.9 Å². The molecule has 4 atom stereocenters. The van der Waals surface area contributed by atoms with Crippen LogP contribution < -0.4 is 0 Å². The second kappa shape index (κ2) is 4.24. The molecule has 0 aromatic rings. The Morgan fingerprint density at radius 2 is 2.10 bits per heavy atom. The van der Waals surface area contributed by atoms with Crippen LogP contribution in [0, 0.1) is 29.1 Å². The van der Waals surface area contributed by atoms with E-state index in [0.717, 1.165) is 42.7 Å². The molecule has 1 spiro atoms. The third kappa shape index (κ3) is 1.68. The molecule has 3 saturated carbocycles. The molecule has 0 saturated heterocycles. The van der Waals surface area contributed by atoms with Gasteiger partial charge in [-0.25, -0.2) is 0 Å². The van der Waals surface area contributed by atoms with Gasteiger partial charge in [-0.2, -0.15) is 0 Å². The van der Waals surface area contributed by atoms with E-state index in [1.165, 1.54) is 38.5 Å². The quantitative estimate of drug-likeness (QED) is 0.507. The molecule has 4 unspecified atom stereocenters. The number of nitrogens with zero attached hydrogens (tertiary/aromatic N) is 1. The molecule has 5 rings (SSSR count). The van der Waals surface area contributed by atoms with Crippen LogP contribution in [0.4, 0.5) is 0 Å². The molecule has 0 bridgehead atoms. The lowest BCUT2D eigenvalue weighted by molar-refractivity contribution is 0.189. The minimum absolute atomic E-state index is 0.595. The predicted molar refractivity (Wildman–Crippen MR) is 83.3 cm³/mol. The monoisotopic (exact) mass is 283 g/mol. The Morgan fingerprint density at radius 3 is 2.90 bits per heavy atom. The van der Waals surface area contributed by atoms with Crippen molar-refractivity contribution in [2.45, 2.75) is 57.8 Å². The standard InChI is InChI=1S/C19H25NO/c21-20-13-5-7-16-15-6-4-12-2-1-3-14(12)17(15)11-19(8-9-19)18(16)10-13/h4,6,12,14,17-18,21H,1-3,5,7-11H2. The summed E-state index contributed by atoms with van der Waals surface area (Å²) < 4.78 is 0. The van der Waals surface area contributed by atoms with Gasteiger partial charge in [0.2, 0.25) is 0 Å². The zero-order chi connectivity index (χ0) is 14.0. The molecule has 112 valence electrons. The van der Waals surface area contributed by atoms with Crippen LogP contribution in [0.2, 0.25) is 0 Å². The van der Waals surface area contributed by atoms with E-state index in [9.17, 15) is 5.21 Å². The third-order valence-corrected chi connectivity index (χ3v) is 7.38. The minimum atomic E-state index is 0.595. The van der Waals surface area contributed by atoms with Crippen LogP contribution >= 0.6 is 0 Å². The fourth-order valence-electron chi connectivity index (χ4n) is 6.17. The van der Waals surface area contributed by atoms with Gasteiger partial charge in [-0.3, -0.25) is 0 Å². The first-order chi connectivity index (χ1) is 10.3. The Bertz CT molecular complexity index is 566. The summed E-state index contributed by atoms with van der Waals surface area (Å²) >= 11 is 0. The van der Waals surface area contributed by atoms with Gasteiger partial charge in [-0.15, -0.1) is 0 Å². The molecule has 0 heterocycles. The Hall–Kier alpha value is -1.05. The first-order valence-corrected chi connectivity index (χ1v) is 8.92. The summed E-state index contributed by atoms with van der Waals surface area (Å²) in [7, 11) is 0. The molecular weight excluding hydrogens is 258 g/mol. The highest BCUT2D eigenvalue weighted by Crippen LogP contribution is 2.67. The molecule has 0 amide bonds. The lowest BCUT2D eigenvalue weighted by Gasteiger charge is -2.46. The minimum Gasteiger partial charge on any atom is -0.411 e. The van der Waals surface area contributed by atoms with Gasteiger partial charge in [0.05, 0.1) is 5.71 Å². The maximum Gasteiger partial charge on any atom is 0.0580 e. The van der Waals surface area contributed by atoms with Crippen LogP contribution in [0.15, 0.2) is 28.5 Å². The Morgan fingerprint density at radius 1 is 1.19 bits per heavy atom. The topological polar surface area (TPSA) is 32.6 Å². The van der Waals surface area contributed by atoms with Crippen molar-refractivity contribution >= 4 is 5.71 Å². The van der Waals surface area contributed by atoms with Crippen LogP contribution in [0.1, 0.15) is 57.8 Å². The molecule has 5 aliphatic carbocycles. The fourth-order valence-corrected chi connectivity index (χ4v) is 6.17. The van der Waals surface area contributed by atoms with Gasteiger partial charge in [0, 0.05) is 0 Å². The second-order valence-corrected chi connectivity index (χ2v) is 8.19. The number of hydrogen-bond acceptors (Lipinski definition) is 2. The molecule has 0 aliphatic heterocycles. The lowest BCUT2D eigenvalue weighted by Crippen LogP contribution is -2.38. The van der Waals surface area contributed by atoms with Crippen molar-refractivity contribution in [2.75, 3.05) is 0 Å². The van der Waals surface area contributed by atoms with Crippen LogP contribution in [0.5, 0.6) is 0 Å². The normalized spacial score (nSPS) is 44.7. The summed E-state index contributed by atoms with van der Waals surface area (Å²) in [5, 5.41) is 12.8. The van der Waals surface area contributed by atoms with Gasteiger partial charge in [0.1, 0.15) is 0 Å². The van der Waals surface area contributed by atoms with Gasteiger partial charge in [0.25, 0.3) is 0 Å².